The molecule has 1 aromatic heterocycles. The molecule has 1 aromatic rings. The van der Waals surface area contributed by atoms with E-state index < -0.39 is 0 Å². The fourth-order valence-corrected chi connectivity index (χ4v) is 2.46. The minimum atomic E-state index is 0.140. The maximum atomic E-state index is 5.80. The number of hydrogen-bond acceptors (Lipinski definition) is 5. The van der Waals surface area contributed by atoms with Crippen LogP contribution in [-0.2, 0) is 11.3 Å². The predicted octanol–water partition coefficient (Wildman–Crippen LogP) is 2.09. The van der Waals surface area contributed by atoms with Gasteiger partial charge in [-0.3, -0.25) is 0 Å². The first-order valence-electron chi connectivity index (χ1n) is 6.70. The average Bonchev–Trinajstić information content (AvgIpc) is 2.83. The van der Waals surface area contributed by atoms with Crippen LogP contribution in [0.25, 0.3) is 0 Å². The van der Waals surface area contributed by atoms with E-state index in [1.54, 1.807) is 0 Å². The molecule has 1 N–H and O–H groups in total. The molecule has 4 atom stereocenters. The molecule has 0 aliphatic carbocycles. The first-order valence-corrected chi connectivity index (χ1v) is 6.70. The molecule has 0 bridgehead atoms. The molecular weight excluding hydrogens is 230 g/mol. The molecule has 0 aromatic carbocycles. The van der Waals surface area contributed by atoms with Crippen LogP contribution in [0.5, 0.6) is 0 Å². The van der Waals surface area contributed by atoms with Crippen molar-refractivity contribution >= 4 is 0 Å². The van der Waals surface area contributed by atoms with Crippen LogP contribution in [0.1, 0.15) is 52.3 Å². The summed E-state index contributed by atoms with van der Waals surface area (Å²) in [6.45, 7) is 11.1. The maximum absolute atomic E-state index is 5.80. The van der Waals surface area contributed by atoms with Gasteiger partial charge in [0.1, 0.15) is 0 Å². The van der Waals surface area contributed by atoms with Gasteiger partial charge in [-0.2, -0.15) is 0 Å². The van der Waals surface area contributed by atoms with E-state index in [0.717, 1.165) is 0 Å². The Morgan fingerprint density at radius 1 is 1.17 bits per heavy atom. The summed E-state index contributed by atoms with van der Waals surface area (Å²) in [5.41, 5.74) is 0. The quantitative estimate of drug-likeness (QED) is 0.890. The molecule has 4 unspecified atom stereocenters. The zero-order valence-corrected chi connectivity index (χ0v) is 11.8. The van der Waals surface area contributed by atoms with E-state index in [4.69, 9.17) is 9.15 Å². The summed E-state index contributed by atoms with van der Waals surface area (Å²) in [5.74, 6) is 1.98. The monoisotopic (exact) mass is 253 g/mol. The summed E-state index contributed by atoms with van der Waals surface area (Å²) in [5, 5.41) is 11.5. The van der Waals surface area contributed by atoms with Crippen LogP contribution in [0, 0.1) is 5.92 Å². The minimum Gasteiger partial charge on any atom is -0.423 e. The van der Waals surface area contributed by atoms with Crippen molar-refractivity contribution in [2.75, 3.05) is 0 Å². The highest BCUT2D eigenvalue weighted by molar-refractivity contribution is 5.02. The summed E-state index contributed by atoms with van der Waals surface area (Å²) < 4.78 is 11.5. The van der Waals surface area contributed by atoms with E-state index in [-0.39, 0.29) is 18.1 Å². The SMILES string of the molecule is CC(C)NCc1nnc(C2C(C)OC(C)C2C)o1. The second kappa shape index (κ2) is 5.36. The molecule has 102 valence electrons. The molecule has 0 saturated carbocycles. The number of aromatic nitrogens is 2. The van der Waals surface area contributed by atoms with Crippen molar-refractivity contribution in [3.05, 3.63) is 11.8 Å². The number of hydrogen-bond donors (Lipinski definition) is 1. The second-order valence-corrected chi connectivity index (χ2v) is 5.50. The average molecular weight is 253 g/mol. The van der Waals surface area contributed by atoms with Gasteiger partial charge in [0, 0.05) is 6.04 Å². The lowest BCUT2D eigenvalue weighted by atomic mass is 9.89. The Hall–Kier alpha value is -0.940. The Kier molecular flexibility index (Phi) is 4.02. The Bertz CT molecular complexity index is 391. The van der Waals surface area contributed by atoms with Crippen molar-refractivity contribution in [3.63, 3.8) is 0 Å². The third-order valence-electron chi connectivity index (χ3n) is 3.67. The fourth-order valence-electron chi connectivity index (χ4n) is 2.46. The van der Waals surface area contributed by atoms with Gasteiger partial charge in [-0.05, 0) is 19.8 Å². The third-order valence-corrected chi connectivity index (χ3v) is 3.67. The van der Waals surface area contributed by atoms with Crippen LogP contribution in [0.15, 0.2) is 4.42 Å². The van der Waals surface area contributed by atoms with Gasteiger partial charge in [0.05, 0.1) is 24.7 Å². The molecule has 0 radical (unpaired) electrons. The van der Waals surface area contributed by atoms with Crippen LogP contribution >= 0.6 is 0 Å². The van der Waals surface area contributed by atoms with Gasteiger partial charge >= 0.3 is 0 Å². The maximum Gasteiger partial charge on any atom is 0.230 e. The number of nitrogens with one attached hydrogen (secondary N) is 1. The Morgan fingerprint density at radius 3 is 2.44 bits per heavy atom. The molecule has 1 aliphatic heterocycles. The summed E-state index contributed by atoms with van der Waals surface area (Å²) in [7, 11) is 0. The van der Waals surface area contributed by atoms with Gasteiger partial charge in [0.2, 0.25) is 11.8 Å². The molecule has 0 amide bonds. The topological polar surface area (TPSA) is 60.2 Å². The van der Waals surface area contributed by atoms with Gasteiger partial charge in [-0.25, -0.2) is 0 Å². The summed E-state index contributed by atoms with van der Waals surface area (Å²) in [6, 6.07) is 0.410. The van der Waals surface area contributed by atoms with E-state index in [2.05, 4.69) is 50.1 Å². The third kappa shape index (κ3) is 2.72. The highest BCUT2D eigenvalue weighted by Gasteiger charge is 2.41. The molecule has 0 spiro atoms. The first-order chi connectivity index (χ1) is 8.49. The molecule has 1 saturated heterocycles. The number of nitrogens with zero attached hydrogens (tertiary/aromatic N) is 2. The van der Waals surface area contributed by atoms with Crippen molar-refractivity contribution in [2.45, 2.75) is 65.3 Å². The predicted molar refractivity (Wildman–Crippen MR) is 68.2 cm³/mol. The van der Waals surface area contributed by atoms with Crippen LogP contribution in [0.2, 0.25) is 0 Å². The summed E-state index contributed by atoms with van der Waals surface area (Å²) >= 11 is 0. The molecule has 1 aliphatic rings. The lowest BCUT2D eigenvalue weighted by Gasteiger charge is -2.13. The van der Waals surface area contributed by atoms with Crippen molar-refractivity contribution in [2.24, 2.45) is 5.92 Å². The normalized spacial score (nSPS) is 32.3. The van der Waals surface area contributed by atoms with E-state index in [1.807, 2.05) is 0 Å². The van der Waals surface area contributed by atoms with Crippen LogP contribution < -0.4 is 5.32 Å². The van der Waals surface area contributed by atoms with Gasteiger partial charge in [0.15, 0.2) is 0 Å². The minimum absolute atomic E-state index is 0.140. The summed E-state index contributed by atoms with van der Waals surface area (Å²) in [6.07, 6.45) is 0.385. The molecule has 1 fully saturated rings. The highest BCUT2D eigenvalue weighted by Crippen LogP contribution is 2.38. The Balaban J connectivity index is 2.05. The fraction of sp³-hybridized carbons (Fsp3) is 0.846. The van der Waals surface area contributed by atoms with Crippen molar-refractivity contribution in [1.29, 1.82) is 0 Å². The van der Waals surface area contributed by atoms with Gasteiger partial charge in [-0.15, -0.1) is 10.2 Å². The van der Waals surface area contributed by atoms with E-state index in [1.165, 1.54) is 0 Å². The van der Waals surface area contributed by atoms with Gasteiger partial charge in [-0.1, -0.05) is 20.8 Å². The lowest BCUT2D eigenvalue weighted by molar-refractivity contribution is 0.0544. The number of rotatable bonds is 4. The van der Waals surface area contributed by atoms with Crippen LogP contribution in [0.3, 0.4) is 0 Å². The van der Waals surface area contributed by atoms with Crippen molar-refractivity contribution in [3.8, 4) is 0 Å². The Labute approximate surface area is 108 Å². The van der Waals surface area contributed by atoms with Crippen LogP contribution in [0.4, 0.5) is 0 Å². The second-order valence-electron chi connectivity index (χ2n) is 5.50. The van der Waals surface area contributed by atoms with Crippen molar-refractivity contribution < 1.29 is 9.15 Å². The summed E-state index contributed by atoms with van der Waals surface area (Å²) in [4.78, 5) is 0. The zero-order chi connectivity index (χ0) is 13.3. The molecular formula is C13H23N3O2. The zero-order valence-electron chi connectivity index (χ0n) is 11.8. The van der Waals surface area contributed by atoms with Gasteiger partial charge < -0.3 is 14.5 Å². The standard InChI is InChI=1S/C13H23N3O2/c1-7(2)14-6-11-15-16-13(18-11)12-8(3)9(4)17-10(12)5/h7-10,12,14H,6H2,1-5H3. The Morgan fingerprint density at radius 2 is 1.89 bits per heavy atom. The molecule has 5 nitrogen and oxygen atoms in total. The largest absolute Gasteiger partial charge is 0.423 e. The van der Waals surface area contributed by atoms with Crippen LogP contribution in [-0.4, -0.2) is 28.4 Å². The van der Waals surface area contributed by atoms with E-state index in [9.17, 15) is 0 Å². The smallest absolute Gasteiger partial charge is 0.230 e. The molecule has 2 heterocycles. The first kappa shape index (κ1) is 13.5. The molecule has 2 rings (SSSR count). The van der Waals surface area contributed by atoms with E-state index >= 15 is 0 Å². The lowest BCUT2D eigenvalue weighted by Crippen LogP contribution is -2.21. The van der Waals surface area contributed by atoms with Gasteiger partial charge in [0.25, 0.3) is 0 Å². The highest BCUT2D eigenvalue weighted by atomic mass is 16.5. The molecule has 18 heavy (non-hydrogen) atoms. The number of ether oxygens (including phenoxy) is 1. The van der Waals surface area contributed by atoms with Crippen molar-refractivity contribution in [1.82, 2.24) is 15.5 Å². The molecule has 5 heteroatoms. The van der Waals surface area contributed by atoms with E-state index in [0.29, 0.717) is 30.3 Å².